The van der Waals surface area contributed by atoms with Crippen LogP contribution >= 0.6 is 0 Å². The molecule has 2 bridgehead atoms. The lowest BCUT2D eigenvalue weighted by Crippen LogP contribution is -2.52. The van der Waals surface area contributed by atoms with Gasteiger partial charge < -0.3 is 4.90 Å². The first-order valence-electron chi connectivity index (χ1n) is 4.17. The lowest BCUT2D eigenvalue weighted by molar-refractivity contribution is -0.140. The molecular formula is C9H11NO2. The Morgan fingerprint density at radius 2 is 2.33 bits per heavy atom. The van der Waals surface area contributed by atoms with Gasteiger partial charge in [-0.05, 0) is 0 Å². The molecule has 3 aliphatic rings. The maximum Gasteiger partial charge on any atom is 0.220 e. The average Bonchev–Trinajstić information content (AvgIpc) is 2.04. The van der Waals surface area contributed by atoms with E-state index in [2.05, 4.69) is 0 Å². The predicted octanol–water partition coefficient (Wildman–Crippen LogP) is 0.362. The second kappa shape index (κ2) is 2.44. The minimum Gasteiger partial charge on any atom is -0.329 e. The highest BCUT2D eigenvalue weighted by Crippen LogP contribution is 2.26. The van der Waals surface area contributed by atoms with Crippen LogP contribution in [0.5, 0.6) is 0 Å². The van der Waals surface area contributed by atoms with Gasteiger partial charge in [0.2, 0.25) is 5.91 Å². The summed E-state index contributed by atoms with van der Waals surface area (Å²) < 4.78 is 0. The molecule has 0 saturated carbocycles. The van der Waals surface area contributed by atoms with Crippen LogP contribution in [0.4, 0.5) is 0 Å². The van der Waals surface area contributed by atoms with Gasteiger partial charge in [0.15, 0.2) is 5.78 Å². The highest BCUT2D eigenvalue weighted by molar-refractivity contribution is 5.92. The van der Waals surface area contributed by atoms with Gasteiger partial charge in [0.05, 0.1) is 0 Å². The number of hydrogen-bond donors (Lipinski definition) is 0. The van der Waals surface area contributed by atoms with Crippen molar-refractivity contribution in [3.63, 3.8) is 0 Å². The van der Waals surface area contributed by atoms with Crippen molar-refractivity contribution < 1.29 is 9.59 Å². The molecule has 0 aromatic heterocycles. The van der Waals surface area contributed by atoms with Crippen molar-refractivity contribution in [2.75, 3.05) is 6.54 Å². The Kier molecular flexibility index (Phi) is 1.53. The summed E-state index contributed by atoms with van der Waals surface area (Å²) in [5.41, 5.74) is 0. The molecule has 0 aromatic rings. The molecule has 0 radical (unpaired) electrons. The monoisotopic (exact) mass is 165 g/mol. The van der Waals surface area contributed by atoms with E-state index < -0.39 is 0 Å². The number of rotatable bonds is 0. The number of hydrogen-bond acceptors (Lipinski definition) is 2. The van der Waals surface area contributed by atoms with E-state index in [1.165, 1.54) is 6.92 Å². The maximum absolute atomic E-state index is 11.3. The van der Waals surface area contributed by atoms with Gasteiger partial charge in [0.1, 0.15) is 6.04 Å². The maximum atomic E-state index is 11.3. The highest BCUT2D eigenvalue weighted by Gasteiger charge is 2.37. The minimum atomic E-state index is -0.257. The quantitative estimate of drug-likeness (QED) is 0.486. The first-order chi connectivity index (χ1) is 5.68. The summed E-state index contributed by atoms with van der Waals surface area (Å²) in [6, 6.07) is -0.257. The molecule has 3 rings (SSSR count). The van der Waals surface area contributed by atoms with Gasteiger partial charge in [-0.15, -0.1) is 0 Å². The fraction of sp³-hybridized carbons (Fsp3) is 0.556. The molecule has 2 heterocycles. The van der Waals surface area contributed by atoms with Gasteiger partial charge in [0, 0.05) is 25.8 Å². The Morgan fingerprint density at radius 1 is 1.58 bits per heavy atom. The molecule has 1 amide bonds. The molecule has 1 aliphatic carbocycles. The normalized spacial score (nSPS) is 32.8. The van der Waals surface area contributed by atoms with Gasteiger partial charge in [-0.25, -0.2) is 0 Å². The summed E-state index contributed by atoms with van der Waals surface area (Å²) in [6.45, 7) is 2.24. The average molecular weight is 165 g/mol. The number of Topliss-reactive ketones (excluding diaryl/α,β-unsaturated/α-hetero) is 1. The van der Waals surface area contributed by atoms with Crippen molar-refractivity contribution in [1.82, 2.24) is 4.90 Å². The fourth-order valence-corrected chi connectivity index (χ4v) is 1.91. The minimum absolute atomic E-state index is 0.00222. The smallest absolute Gasteiger partial charge is 0.220 e. The third-order valence-corrected chi connectivity index (χ3v) is 2.53. The second-order valence-corrected chi connectivity index (χ2v) is 3.43. The van der Waals surface area contributed by atoms with E-state index in [1.807, 2.05) is 12.2 Å². The van der Waals surface area contributed by atoms with Crippen molar-refractivity contribution in [2.45, 2.75) is 19.4 Å². The van der Waals surface area contributed by atoms with Crippen LogP contribution in [0.1, 0.15) is 13.3 Å². The molecule has 64 valence electrons. The summed E-state index contributed by atoms with van der Waals surface area (Å²) in [7, 11) is 0. The van der Waals surface area contributed by atoms with Gasteiger partial charge >= 0.3 is 0 Å². The standard InChI is InChI=1S/C9H11NO2/c1-6(11)10-5-7-2-3-8(10)9(12)4-7/h2-3,7-8H,4-5H2,1H3. The Labute approximate surface area is 71.0 Å². The number of ketones is 1. The van der Waals surface area contributed by atoms with Crippen molar-refractivity contribution >= 4 is 11.7 Å². The Bertz CT molecular complexity index is 270. The molecule has 0 N–H and O–H groups in total. The topological polar surface area (TPSA) is 37.4 Å². The molecule has 1 saturated heterocycles. The first-order valence-corrected chi connectivity index (χ1v) is 4.17. The molecule has 1 fully saturated rings. The van der Waals surface area contributed by atoms with Crippen molar-refractivity contribution in [1.29, 1.82) is 0 Å². The first kappa shape index (κ1) is 7.53. The molecule has 3 nitrogen and oxygen atoms in total. The zero-order valence-electron chi connectivity index (χ0n) is 6.99. The number of piperidine rings is 1. The van der Waals surface area contributed by atoms with E-state index in [0.717, 1.165) is 6.54 Å². The van der Waals surface area contributed by atoms with E-state index in [1.54, 1.807) is 4.90 Å². The van der Waals surface area contributed by atoms with Crippen LogP contribution in [-0.4, -0.2) is 29.2 Å². The van der Waals surface area contributed by atoms with E-state index in [0.29, 0.717) is 6.42 Å². The molecule has 2 atom stereocenters. The number of carbonyl (C=O) groups excluding carboxylic acids is 2. The van der Waals surface area contributed by atoms with E-state index >= 15 is 0 Å². The second-order valence-electron chi connectivity index (χ2n) is 3.43. The summed E-state index contributed by atoms with van der Waals surface area (Å²) in [4.78, 5) is 24.0. The molecule has 12 heavy (non-hydrogen) atoms. The Morgan fingerprint density at radius 3 is 2.75 bits per heavy atom. The van der Waals surface area contributed by atoms with Crippen molar-refractivity contribution in [3.05, 3.63) is 12.2 Å². The summed E-state index contributed by atoms with van der Waals surface area (Å²) in [6.07, 6.45) is 4.51. The molecule has 2 unspecified atom stereocenters. The third-order valence-electron chi connectivity index (χ3n) is 2.53. The highest BCUT2D eigenvalue weighted by atomic mass is 16.2. The molecule has 0 aromatic carbocycles. The van der Waals surface area contributed by atoms with E-state index in [4.69, 9.17) is 0 Å². The molecule has 0 spiro atoms. The summed E-state index contributed by atoms with van der Waals surface area (Å²) in [5.74, 6) is 0.456. The van der Waals surface area contributed by atoms with Crippen LogP contribution in [0.15, 0.2) is 12.2 Å². The number of amides is 1. The van der Waals surface area contributed by atoms with Crippen LogP contribution in [0.3, 0.4) is 0 Å². The van der Waals surface area contributed by atoms with Crippen LogP contribution < -0.4 is 0 Å². The van der Waals surface area contributed by atoms with Crippen LogP contribution in [-0.2, 0) is 9.59 Å². The molecule has 3 heteroatoms. The van der Waals surface area contributed by atoms with Crippen LogP contribution in [0.25, 0.3) is 0 Å². The molecular weight excluding hydrogens is 154 g/mol. The van der Waals surface area contributed by atoms with E-state index in [-0.39, 0.29) is 23.7 Å². The third kappa shape index (κ3) is 0.967. The Balaban J connectivity index is 2.28. The zero-order chi connectivity index (χ0) is 8.72. The number of nitrogens with zero attached hydrogens (tertiary/aromatic N) is 1. The van der Waals surface area contributed by atoms with Gasteiger partial charge in [-0.2, -0.15) is 0 Å². The van der Waals surface area contributed by atoms with Crippen LogP contribution in [0, 0.1) is 5.92 Å². The summed E-state index contributed by atoms with van der Waals surface area (Å²) in [5, 5.41) is 0. The van der Waals surface area contributed by atoms with Gasteiger partial charge in [-0.3, -0.25) is 9.59 Å². The zero-order valence-corrected chi connectivity index (χ0v) is 6.99. The lowest BCUT2D eigenvalue weighted by Gasteiger charge is -2.39. The van der Waals surface area contributed by atoms with E-state index in [9.17, 15) is 9.59 Å². The largest absolute Gasteiger partial charge is 0.329 e. The predicted molar refractivity (Wildman–Crippen MR) is 43.4 cm³/mol. The number of carbonyl (C=O) groups is 2. The van der Waals surface area contributed by atoms with Crippen molar-refractivity contribution in [2.24, 2.45) is 5.92 Å². The van der Waals surface area contributed by atoms with Gasteiger partial charge in [-0.1, -0.05) is 12.2 Å². The SMILES string of the molecule is CC(=O)N1CC2C=CC1C(=O)C2. The van der Waals surface area contributed by atoms with Gasteiger partial charge in [0.25, 0.3) is 0 Å². The lowest BCUT2D eigenvalue weighted by atomic mass is 9.85. The van der Waals surface area contributed by atoms with Crippen molar-refractivity contribution in [3.8, 4) is 0 Å². The van der Waals surface area contributed by atoms with Crippen LogP contribution in [0.2, 0.25) is 0 Å². The Hall–Kier alpha value is -1.12. The summed E-state index contributed by atoms with van der Waals surface area (Å²) >= 11 is 0. The number of fused-ring (bicyclic) bond motifs is 2. The fourth-order valence-electron chi connectivity index (χ4n) is 1.91. The molecule has 2 aliphatic heterocycles.